The van der Waals surface area contributed by atoms with Gasteiger partial charge in [-0.3, -0.25) is 9.52 Å². The molecule has 4 rings (SSSR count). The van der Waals surface area contributed by atoms with E-state index < -0.39 is 10.0 Å². The van der Waals surface area contributed by atoms with Crippen molar-refractivity contribution in [3.8, 4) is 0 Å². The van der Waals surface area contributed by atoms with Gasteiger partial charge in [0.2, 0.25) is 0 Å². The fraction of sp³-hybridized carbons (Fsp3) is 0.167. The lowest BCUT2D eigenvalue weighted by atomic mass is 9.97. The minimum atomic E-state index is -3.91. The lowest BCUT2D eigenvalue weighted by Gasteiger charge is -2.21. The number of amides is 1. The molecular weight excluding hydrogens is 468 g/mol. The molecule has 0 spiro atoms. The summed E-state index contributed by atoms with van der Waals surface area (Å²) in [5.74, 6) is -0.354. The second-order valence-corrected chi connectivity index (χ2v) is 10.7. The number of carbonyl (C=O) groups excluding carboxylic acids is 1. The van der Waals surface area contributed by atoms with Crippen molar-refractivity contribution in [2.75, 3.05) is 4.72 Å². The number of hydrogen-bond acceptors (Lipinski definition) is 3. The minimum absolute atomic E-state index is 0.0719. The summed E-state index contributed by atoms with van der Waals surface area (Å²) in [5, 5.41) is 3.10. The van der Waals surface area contributed by atoms with Gasteiger partial charge in [-0.15, -0.1) is 0 Å². The topological polar surface area (TPSA) is 75.3 Å². The van der Waals surface area contributed by atoms with Crippen molar-refractivity contribution >= 4 is 21.6 Å². The predicted molar refractivity (Wildman–Crippen MR) is 145 cm³/mol. The molecule has 0 aromatic heterocycles. The first kappa shape index (κ1) is 25.2. The minimum Gasteiger partial charge on any atom is -0.341 e. The summed E-state index contributed by atoms with van der Waals surface area (Å²) in [7, 11) is -3.91. The Morgan fingerprint density at radius 1 is 0.722 bits per heavy atom. The van der Waals surface area contributed by atoms with E-state index in [1.54, 1.807) is 25.1 Å². The molecule has 0 saturated carbocycles. The maximum atomic E-state index is 13.4. The zero-order chi connectivity index (χ0) is 25.9. The molecule has 184 valence electrons. The van der Waals surface area contributed by atoms with Crippen molar-refractivity contribution in [3.05, 3.63) is 130 Å². The number of sulfonamides is 1. The van der Waals surface area contributed by atoms with Crippen LogP contribution >= 0.6 is 0 Å². The summed E-state index contributed by atoms with van der Waals surface area (Å²) in [6.07, 6.45) is 0. The monoisotopic (exact) mass is 498 g/mol. The Kier molecular flexibility index (Phi) is 7.27. The molecule has 6 heteroatoms. The SMILES string of the molecule is Cc1ccc([C@@H](NC(=O)c2ccc(C)c(S(=O)(=O)Nc3cccc(C)c3C)c2)c2ccccc2)cc1. The summed E-state index contributed by atoms with van der Waals surface area (Å²) >= 11 is 0. The van der Waals surface area contributed by atoms with Crippen LogP contribution in [0.4, 0.5) is 5.69 Å². The number of aryl methyl sites for hydroxylation is 3. The molecule has 4 aromatic rings. The van der Waals surface area contributed by atoms with Gasteiger partial charge in [-0.1, -0.05) is 78.4 Å². The summed E-state index contributed by atoms with van der Waals surface area (Å²) < 4.78 is 29.3. The van der Waals surface area contributed by atoms with Crippen LogP contribution in [-0.2, 0) is 10.0 Å². The molecule has 0 bridgehead atoms. The quantitative estimate of drug-likeness (QED) is 0.317. The van der Waals surface area contributed by atoms with Crippen LogP contribution in [0.15, 0.2) is 95.9 Å². The van der Waals surface area contributed by atoms with Crippen LogP contribution in [-0.4, -0.2) is 14.3 Å². The summed E-state index contributed by atoms with van der Waals surface area (Å²) in [6.45, 7) is 7.54. The van der Waals surface area contributed by atoms with E-state index in [1.165, 1.54) is 6.07 Å². The molecule has 0 saturated heterocycles. The zero-order valence-corrected chi connectivity index (χ0v) is 21.7. The van der Waals surface area contributed by atoms with Crippen LogP contribution in [0, 0.1) is 27.7 Å². The van der Waals surface area contributed by atoms with E-state index in [1.807, 2.05) is 87.5 Å². The Morgan fingerprint density at radius 2 is 1.39 bits per heavy atom. The van der Waals surface area contributed by atoms with Crippen molar-refractivity contribution in [1.82, 2.24) is 5.32 Å². The molecule has 0 aliphatic rings. The Hall–Kier alpha value is -3.90. The average Bonchev–Trinajstić information content (AvgIpc) is 2.86. The van der Waals surface area contributed by atoms with Crippen LogP contribution in [0.25, 0.3) is 0 Å². The van der Waals surface area contributed by atoms with Gasteiger partial charge in [0.25, 0.3) is 15.9 Å². The van der Waals surface area contributed by atoms with E-state index in [0.29, 0.717) is 11.3 Å². The Balaban J connectivity index is 1.66. The van der Waals surface area contributed by atoms with Gasteiger partial charge in [0.05, 0.1) is 16.6 Å². The number of rotatable bonds is 7. The largest absolute Gasteiger partial charge is 0.341 e. The van der Waals surface area contributed by atoms with E-state index in [9.17, 15) is 13.2 Å². The van der Waals surface area contributed by atoms with Crippen LogP contribution in [0.1, 0.15) is 49.8 Å². The third-order valence-electron chi connectivity index (χ3n) is 6.41. The summed E-state index contributed by atoms with van der Waals surface area (Å²) in [5.41, 5.74) is 6.20. The highest BCUT2D eigenvalue weighted by atomic mass is 32.2. The van der Waals surface area contributed by atoms with Crippen LogP contribution < -0.4 is 10.0 Å². The average molecular weight is 499 g/mol. The van der Waals surface area contributed by atoms with Crippen LogP contribution in [0.3, 0.4) is 0 Å². The van der Waals surface area contributed by atoms with Crippen LogP contribution in [0.5, 0.6) is 0 Å². The molecule has 1 amide bonds. The standard InChI is InChI=1S/C30H30N2O3S/c1-20-13-16-25(17-14-20)29(24-10-6-5-7-11-24)31-30(33)26-18-15-22(3)28(19-26)36(34,35)32-27-12-8-9-21(2)23(27)4/h5-19,29,32H,1-4H3,(H,31,33)/t29-/m0/s1. The highest BCUT2D eigenvalue weighted by Crippen LogP contribution is 2.26. The van der Waals surface area contributed by atoms with Crippen molar-refractivity contribution in [1.29, 1.82) is 0 Å². The molecule has 2 N–H and O–H groups in total. The van der Waals surface area contributed by atoms with E-state index in [0.717, 1.165) is 27.8 Å². The molecule has 36 heavy (non-hydrogen) atoms. The zero-order valence-electron chi connectivity index (χ0n) is 20.9. The van der Waals surface area contributed by atoms with Gasteiger partial charge in [-0.2, -0.15) is 0 Å². The first-order chi connectivity index (χ1) is 17.2. The second kappa shape index (κ2) is 10.4. The molecule has 0 unspecified atom stereocenters. The van der Waals surface area contributed by atoms with Crippen LogP contribution in [0.2, 0.25) is 0 Å². The third kappa shape index (κ3) is 5.50. The van der Waals surface area contributed by atoms with Gasteiger partial charge < -0.3 is 5.32 Å². The lowest BCUT2D eigenvalue weighted by Crippen LogP contribution is -2.29. The van der Waals surface area contributed by atoms with Gasteiger partial charge in [-0.25, -0.2) is 8.42 Å². The fourth-order valence-electron chi connectivity index (χ4n) is 4.07. The van der Waals surface area contributed by atoms with Gasteiger partial charge in [0.1, 0.15) is 0 Å². The molecule has 5 nitrogen and oxygen atoms in total. The maximum Gasteiger partial charge on any atom is 0.262 e. The normalized spacial score (nSPS) is 12.1. The predicted octanol–water partition coefficient (Wildman–Crippen LogP) is 6.24. The smallest absolute Gasteiger partial charge is 0.262 e. The summed E-state index contributed by atoms with van der Waals surface area (Å²) in [6, 6.07) is 27.6. The Bertz CT molecular complexity index is 1500. The highest BCUT2D eigenvalue weighted by Gasteiger charge is 2.22. The molecule has 0 fully saturated rings. The van der Waals surface area contributed by atoms with Gasteiger partial charge >= 0.3 is 0 Å². The number of nitrogens with one attached hydrogen (secondary N) is 2. The highest BCUT2D eigenvalue weighted by molar-refractivity contribution is 7.92. The number of hydrogen-bond donors (Lipinski definition) is 2. The summed E-state index contributed by atoms with van der Waals surface area (Å²) in [4.78, 5) is 13.5. The number of carbonyl (C=O) groups is 1. The van der Waals surface area contributed by atoms with Gasteiger partial charge in [0, 0.05) is 5.56 Å². The van der Waals surface area contributed by atoms with E-state index in [-0.39, 0.29) is 22.4 Å². The number of anilines is 1. The van der Waals surface area contributed by atoms with E-state index in [2.05, 4.69) is 10.0 Å². The Labute approximate surface area is 213 Å². The first-order valence-corrected chi connectivity index (χ1v) is 13.3. The molecular formula is C30H30N2O3S. The van der Waals surface area contributed by atoms with Crippen molar-refractivity contribution in [2.45, 2.75) is 38.6 Å². The molecule has 0 aliphatic heterocycles. The van der Waals surface area contributed by atoms with Gasteiger partial charge in [0.15, 0.2) is 0 Å². The van der Waals surface area contributed by atoms with Crippen molar-refractivity contribution < 1.29 is 13.2 Å². The van der Waals surface area contributed by atoms with Crippen molar-refractivity contribution in [3.63, 3.8) is 0 Å². The molecule has 4 aromatic carbocycles. The number of benzene rings is 4. The molecule has 0 aliphatic carbocycles. The van der Waals surface area contributed by atoms with E-state index in [4.69, 9.17) is 0 Å². The molecule has 1 atom stereocenters. The lowest BCUT2D eigenvalue weighted by molar-refractivity contribution is 0.0942. The third-order valence-corrected chi connectivity index (χ3v) is 7.92. The second-order valence-electron chi connectivity index (χ2n) is 9.06. The molecule has 0 heterocycles. The van der Waals surface area contributed by atoms with Gasteiger partial charge in [-0.05, 0) is 73.7 Å². The van der Waals surface area contributed by atoms with Crippen molar-refractivity contribution in [2.24, 2.45) is 0 Å². The van der Waals surface area contributed by atoms with E-state index >= 15 is 0 Å². The fourth-order valence-corrected chi connectivity index (χ4v) is 5.46. The first-order valence-electron chi connectivity index (χ1n) is 11.8. The maximum absolute atomic E-state index is 13.4. The molecule has 0 radical (unpaired) electrons. The Morgan fingerprint density at radius 3 is 2.08 bits per heavy atom.